The van der Waals surface area contributed by atoms with E-state index in [1.165, 1.54) is 0 Å². The molecule has 0 aromatic rings. The molecule has 0 aromatic carbocycles. The van der Waals surface area contributed by atoms with Crippen molar-refractivity contribution in [2.45, 2.75) is 37.9 Å². The molecule has 2 saturated heterocycles. The predicted molar refractivity (Wildman–Crippen MR) is 45.5 cm³/mol. The number of rotatable bonds is 2. The molecule has 2 fully saturated rings. The van der Waals surface area contributed by atoms with Gasteiger partial charge in [0.2, 0.25) is 0 Å². The number of hydrogen-bond donors (Lipinski definition) is 0. The number of ether oxygens (including phenoxy) is 1. The van der Waals surface area contributed by atoms with Gasteiger partial charge in [-0.3, -0.25) is 0 Å². The van der Waals surface area contributed by atoms with Gasteiger partial charge in [0.25, 0.3) is 0 Å². The summed E-state index contributed by atoms with van der Waals surface area (Å²) in [4.78, 5) is 0. The number of halogens is 1. The van der Waals surface area contributed by atoms with Gasteiger partial charge in [0, 0.05) is 0 Å². The Labute approximate surface area is 77.5 Å². The normalized spacial score (nSPS) is 39.3. The summed E-state index contributed by atoms with van der Waals surface area (Å²) >= 11 is 0. The average molecular weight is 208 g/mol. The highest BCUT2D eigenvalue weighted by molar-refractivity contribution is 7.86. The summed E-state index contributed by atoms with van der Waals surface area (Å²) < 4.78 is 38.8. The Morgan fingerprint density at radius 1 is 1.23 bits per heavy atom. The van der Waals surface area contributed by atoms with E-state index in [0.29, 0.717) is 12.8 Å². The molecule has 3 nitrogen and oxygen atoms in total. The van der Waals surface area contributed by atoms with Crippen LogP contribution in [0.25, 0.3) is 0 Å². The second-order valence-electron chi connectivity index (χ2n) is 4.00. The van der Waals surface area contributed by atoms with Gasteiger partial charge in [-0.1, -0.05) is 0 Å². The summed E-state index contributed by atoms with van der Waals surface area (Å²) in [6.07, 6.45) is 3.80. The van der Waals surface area contributed by atoms with Gasteiger partial charge in [0.05, 0.1) is 18.0 Å². The molecule has 76 valence electrons. The smallest absolute Gasteiger partial charge is 0.302 e. The Morgan fingerprint density at radius 2 is 1.77 bits per heavy atom. The van der Waals surface area contributed by atoms with E-state index < -0.39 is 10.2 Å². The zero-order chi connectivity index (χ0) is 9.47. The average Bonchev–Trinajstić information content (AvgIpc) is 2.27. The lowest BCUT2D eigenvalue weighted by molar-refractivity contribution is -0.0147. The monoisotopic (exact) mass is 208 g/mol. The topological polar surface area (TPSA) is 43.4 Å². The van der Waals surface area contributed by atoms with Gasteiger partial charge in [-0.2, -0.15) is 8.42 Å². The van der Waals surface area contributed by atoms with Crippen LogP contribution in [0.3, 0.4) is 0 Å². The largest absolute Gasteiger partial charge is 0.375 e. The summed E-state index contributed by atoms with van der Waals surface area (Å²) in [5.41, 5.74) is 0. The predicted octanol–water partition coefficient (Wildman–Crippen LogP) is 1.24. The van der Waals surface area contributed by atoms with E-state index in [0.717, 1.165) is 12.8 Å². The third kappa shape index (κ3) is 2.40. The van der Waals surface area contributed by atoms with Crippen molar-refractivity contribution >= 4 is 10.2 Å². The third-order valence-electron chi connectivity index (χ3n) is 2.82. The molecule has 5 heteroatoms. The van der Waals surface area contributed by atoms with Gasteiger partial charge in [0.1, 0.15) is 0 Å². The van der Waals surface area contributed by atoms with Crippen LogP contribution in [-0.2, 0) is 15.0 Å². The van der Waals surface area contributed by atoms with Crippen LogP contribution < -0.4 is 0 Å². The van der Waals surface area contributed by atoms with E-state index in [1.807, 2.05) is 0 Å². The summed E-state index contributed by atoms with van der Waals surface area (Å²) in [7, 11) is -4.30. The van der Waals surface area contributed by atoms with Gasteiger partial charge < -0.3 is 4.74 Å². The van der Waals surface area contributed by atoms with Crippen LogP contribution in [0.2, 0.25) is 0 Å². The van der Waals surface area contributed by atoms with Crippen molar-refractivity contribution in [3.05, 3.63) is 0 Å². The van der Waals surface area contributed by atoms with E-state index >= 15 is 0 Å². The maximum absolute atomic E-state index is 12.4. The second-order valence-corrected chi connectivity index (χ2v) is 5.41. The van der Waals surface area contributed by atoms with Gasteiger partial charge in [-0.25, -0.2) is 0 Å². The Hall–Kier alpha value is -0.160. The fraction of sp³-hybridized carbons (Fsp3) is 1.00. The molecule has 0 amide bonds. The fourth-order valence-electron chi connectivity index (χ4n) is 2.38. The van der Waals surface area contributed by atoms with E-state index in [4.69, 9.17) is 4.74 Å². The molecular formula is C8H13FO3S. The molecule has 0 N–H and O–H groups in total. The molecule has 2 aliphatic rings. The number of fused-ring (bicyclic) bond motifs is 2. The van der Waals surface area contributed by atoms with E-state index in [1.54, 1.807) is 0 Å². The lowest BCUT2D eigenvalue weighted by atomic mass is 9.98. The molecule has 0 radical (unpaired) electrons. The zero-order valence-corrected chi connectivity index (χ0v) is 8.10. The van der Waals surface area contributed by atoms with E-state index in [2.05, 4.69) is 0 Å². The van der Waals surface area contributed by atoms with Crippen LogP contribution in [0.5, 0.6) is 0 Å². The SMILES string of the molecule is O=S(=O)(F)CC1CC2CCC(C1)O2. The molecule has 2 unspecified atom stereocenters. The zero-order valence-electron chi connectivity index (χ0n) is 7.28. The van der Waals surface area contributed by atoms with Crippen LogP contribution in [0.1, 0.15) is 25.7 Å². The van der Waals surface area contributed by atoms with Crippen LogP contribution in [-0.4, -0.2) is 26.4 Å². The second kappa shape index (κ2) is 3.20. The maximum atomic E-state index is 12.4. The van der Waals surface area contributed by atoms with Gasteiger partial charge in [0.15, 0.2) is 0 Å². The Morgan fingerprint density at radius 3 is 2.23 bits per heavy atom. The highest BCUT2D eigenvalue weighted by atomic mass is 32.3. The molecule has 0 spiro atoms. The fourth-order valence-corrected chi connectivity index (χ4v) is 3.22. The number of hydrogen-bond acceptors (Lipinski definition) is 3. The molecule has 13 heavy (non-hydrogen) atoms. The van der Waals surface area contributed by atoms with Crippen LogP contribution in [0.4, 0.5) is 3.89 Å². The first-order chi connectivity index (χ1) is 6.03. The first kappa shape index (κ1) is 9.40. The summed E-state index contributed by atoms with van der Waals surface area (Å²) in [5.74, 6) is -0.343. The van der Waals surface area contributed by atoms with Crippen LogP contribution in [0.15, 0.2) is 0 Å². The lowest BCUT2D eigenvalue weighted by Crippen LogP contribution is -2.28. The maximum Gasteiger partial charge on any atom is 0.302 e. The highest BCUT2D eigenvalue weighted by Gasteiger charge is 2.36. The minimum Gasteiger partial charge on any atom is -0.375 e. The lowest BCUT2D eigenvalue weighted by Gasteiger charge is -2.26. The first-order valence-corrected chi connectivity index (χ1v) is 6.16. The molecular weight excluding hydrogens is 195 g/mol. The molecule has 2 aliphatic heterocycles. The molecule has 2 rings (SSSR count). The standard InChI is InChI=1S/C8H13FO3S/c9-13(10,11)5-6-3-7-1-2-8(4-6)12-7/h6-8H,1-5H2. The van der Waals surface area contributed by atoms with Crippen LogP contribution >= 0.6 is 0 Å². The highest BCUT2D eigenvalue weighted by Crippen LogP contribution is 2.36. The van der Waals surface area contributed by atoms with Crippen molar-refractivity contribution in [1.82, 2.24) is 0 Å². The Bertz CT molecular complexity index is 276. The molecule has 0 aliphatic carbocycles. The molecule has 0 aromatic heterocycles. The van der Waals surface area contributed by atoms with Gasteiger partial charge in [-0.15, -0.1) is 3.89 Å². The van der Waals surface area contributed by atoms with Gasteiger partial charge in [-0.05, 0) is 31.6 Å². The van der Waals surface area contributed by atoms with E-state index in [-0.39, 0.29) is 23.9 Å². The van der Waals surface area contributed by atoms with Crippen molar-refractivity contribution in [3.8, 4) is 0 Å². The summed E-state index contributed by atoms with van der Waals surface area (Å²) in [5, 5.41) is 0. The van der Waals surface area contributed by atoms with Crippen molar-refractivity contribution in [2.75, 3.05) is 5.75 Å². The van der Waals surface area contributed by atoms with Crippen molar-refractivity contribution in [1.29, 1.82) is 0 Å². The quantitative estimate of drug-likeness (QED) is 0.641. The Balaban J connectivity index is 1.96. The summed E-state index contributed by atoms with van der Waals surface area (Å²) in [6, 6.07) is 0. The van der Waals surface area contributed by atoms with Crippen LogP contribution in [0, 0.1) is 5.92 Å². The molecule has 2 bridgehead atoms. The minimum atomic E-state index is -4.30. The van der Waals surface area contributed by atoms with Gasteiger partial charge >= 0.3 is 10.2 Å². The third-order valence-corrected chi connectivity index (χ3v) is 3.69. The molecule has 2 atom stereocenters. The van der Waals surface area contributed by atoms with Crippen molar-refractivity contribution in [3.63, 3.8) is 0 Å². The minimum absolute atomic E-state index is 0.0266. The summed E-state index contributed by atoms with van der Waals surface area (Å²) in [6.45, 7) is 0. The molecule has 2 heterocycles. The first-order valence-electron chi connectivity index (χ1n) is 4.61. The Kier molecular flexibility index (Phi) is 2.32. The molecule has 0 saturated carbocycles. The van der Waals surface area contributed by atoms with E-state index in [9.17, 15) is 12.3 Å². The van der Waals surface area contributed by atoms with Crippen molar-refractivity contribution < 1.29 is 17.0 Å². The van der Waals surface area contributed by atoms with Crippen molar-refractivity contribution in [2.24, 2.45) is 5.92 Å².